The Balaban J connectivity index is 1.77. The van der Waals surface area contributed by atoms with E-state index in [-0.39, 0.29) is 36.6 Å². The Morgan fingerprint density at radius 2 is 1.80 bits per heavy atom. The summed E-state index contributed by atoms with van der Waals surface area (Å²) in [5, 5.41) is 3.05. The van der Waals surface area contributed by atoms with E-state index in [1.807, 2.05) is 12.1 Å². The lowest BCUT2D eigenvalue weighted by atomic mass is 10.1. The van der Waals surface area contributed by atoms with Gasteiger partial charge in [0.05, 0.1) is 13.5 Å². The van der Waals surface area contributed by atoms with E-state index in [1.165, 1.54) is 11.0 Å². The van der Waals surface area contributed by atoms with Gasteiger partial charge in [-0.15, -0.1) is 0 Å². The highest BCUT2D eigenvalue weighted by atomic mass is 19.1. The van der Waals surface area contributed by atoms with Crippen LogP contribution < -0.4 is 10.1 Å². The maximum atomic E-state index is 14.3. The maximum Gasteiger partial charge on any atom is 0.242 e. The summed E-state index contributed by atoms with van der Waals surface area (Å²) < 4.78 is 19.4. The zero-order valence-corrected chi connectivity index (χ0v) is 17.6. The number of benzene rings is 2. The molecule has 30 heavy (non-hydrogen) atoms. The molecule has 3 rings (SSSR count). The average Bonchev–Trinajstić information content (AvgIpc) is 3.26. The molecule has 0 aliphatic heterocycles. The fourth-order valence-corrected chi connectivity index (χ4v) is 3.80. The van der Waals surface area contributed by atoms with Crippen molar-refractivity contribution in [2.75, 3.05) is 7.11 Å². The van der Waals surface area contributed by atoms with Crippen LogP contribution in [0.25, 0.3) is 0 Å². The van der Waals surface area contributed by atoms with Crippen molar-refractivity contribution in [3.8, 4) is 5.75 Å². The molecule has 1 aliphatic rings. The lowest BCUT2D eigenvalue weighted by molar-refractivity contribution is -0.140. The van der Waals surface area contributed by atoms with Crippen LogP contribution >= 0.6 is 0 Å². The number of amides is 2. The highest BCUT2D eigenvalue weighted by Gasteiger charge is 2.29. The smallest absolute Gasteiger partial charge is 0.242 e. The number of hydrogen-bond acceptors (Lipinski definition) is 3. The SMILES string of the molecule is COc1ccc(CC(=O)N(Cc2ccccc2F)C(C)C(=O)NC2CCCC2)cc1. The molecule has 1 N–H and O–H groups in total. The van der Waals surface area contributed by atoms with E-state index in [0.717, 1.165) is 31.2 Å². The highest BCUT2D eigenvalue weighted by molar-refractivity contribution is 5.88. The first-order valence-corrected chi connectivity index (χ1v) is 10.4. The van der Waals surface area contributed by atoms with Gasteiger partial charge in [-0.05, 0) is 43.5 Å². The molecule has 0 aromatic heterocycles. The fraction of sp³-hybridized carbons (Fsp3) is 0.417. The zero-order valence-electron chi connectivity index (χ0n) is 17.6. The highest BCUT2D eigenvalue weighted by Crippen LogP contribution is 2.20. The molecule has 1 fully saturated rings. The summed E-state index contributed by atoms with van der Waals surface area (Å²) in [7, 11) is 1.58. The van der Waals surface area contributed by atoms with Crippen molar-refractivity contribution in [3.05, 3.63) is 65.5 Å². The van der Waals surface area contributed by atoms with Crippen LogP contribution in [0, 0.1) is 5.82 Å². The summed E-state index contributed by atoms with van der Waals surface area (Å²) in [6, 6.07) is 13.0. The topological polar surface area (TPSA) is 58.6 Å². The summed E-state index contributed by atoms with van der Waals surface area (Å²) >= 11 is 0. The first kappa shape index (κ1) is 21.8. The number of ether oxygens (including phenoxy) is 1. The van der Waals surface area contributed by atoms with E-state index in [1.54, 1.807) is 44.4 Å². The van der Waals surface area contributed by atoms with Crippen molar-refractivity contribution < 1.29 is 18.7 Å². The van der Waals surface area contributed by atoms with Crippen molar-refractivity contribution in [2.45, 2.75) is 57.7 Å². The number of rotatable bonds is 8. The van der Waals surface area contributed by atoms with E-state index in [2.05, 4.69) is 5.32 Å². The van der Waals surface area contributed by atoms with Crippen molar-refractivity contribution in [2.24, 2.45) is 0 Å². The molecule has 160 valence electrons. The van der Waals surface area contributed by atoms with E-state index in [9.17, 15) is 14.0 Å². The number of carbonyl (C=O) groups is 2. The van der Waals surface area contributed by atoms with Gasteiger partial charge in [0.15, 0.2) is 0 Å². The van der Waals surface area contributed by atoms with Crippen LogP contribution in [0.2, 0.25) is 0 Å². The number of nitrogens with zero attached hydrogens (tertiary/aromatic N) is 1. The Labute approximate surface area is 177 Å². The van der Waals surface area contributed by atoms with Crippen LogP contribution in [0.15, 0.2) is 48.5 Å². The minimum Gasteiger partial charge on any atom is -0.497 e. The molecule has 5 nitrogen and oxygen atoms in total. The van der Waals surface area contributed by atoms with Crippen LogP contribution in [0.3, 0.4) is 0 Å². The largest absolute Gasteiger partial charge is 0.497 e. The van der Waals surface area contributed by atoms with Gasteiger partial charge in [-0.2, -0.15) is 0 Å². The van der Waals surface area contributed by atoms with Crippen LogP contribution in [-0.2, 0) is 22.6 Å². The van der Waals surface area contributed by atoms with E-state index >= 15 is 0 Å². The van der Waals surface area contributed by atoms with E-state index < -0.39 is 6.04 Å². The Bertz CT molecular complexity index is 863. The summed E-state index contributed by atoms with van der Waals surface area (Å²) in [5.41, 5.74) is 1.20. The summed E-state index contributed by atoms with van der Waals surface area (Å²) in [6.45, 7) is 1.75. The van der Waals surface area contributed by atoms with Gasteiger partial charge in [-0.1, -0.05) is 43.2 Å². The van der Waals surface area contributed by atoms with Crippen molar-refractivity contribution in [3.63, 3.8) is 0 Å². The van der Waals surface area contributed by atoms with Gasteiger partial charge in [0.1, 0.15) is 17.6 Å². The lowest BCUT2D eigenvalue weighted by Gasteiger charge is -2.30. The van der Waals surface area contributed by atoms with Crippen LogP contribution in [0.1, 0.15) is 43.7 Å². The van der Waals surface area contributed by atoms with Gasteiger partial charge in [0, 0.05) is 18.2 Å². The second kappa shape index (κ2) is 10.2. The quantitative estimate of drug-likeness (QED) is 0.716. The van der Waals surface area contributed by atoms with Gasteiger partial charge < -0.3 is 15.0 Å². The second-order valence-electron chi connectivity index (χ2n) is 7.80. The molecule has 0 heterocycles. The standard InChI is InChI=1S/C24H29FN2O3/c1-17(24(29)26-20-8-4-5-9-20)27(16-19-7-3-6-10-22(19)25)23(28)15-18-11-13-21(30-2)14-12-18/h3,6-7,10-14,17,20H,4-5,8-9,15-16H2,1-2H3,(H,26,29). The zero-order chi connectivity index (χ0) is 21.5. The predicted molar refractivity (Wildman–Crippen MR) is 114 cm³/mol. The summed E-state index contributed by atoms with van der Waals surface area (Å²) in [4.78, 5) is 27.5. The third-order valence-corrected chi connectivity index (χ3v) is 5.68. The molecular formula is C24H29FN2O3. The van der Waals surface area contributed by atoms with Gasteiger partial charge >= 0.3 is 0 Å². The minimum absolute atomic E-state index is 0.0426. The van der Waals surface area contributed by atoms with Crippen molar-refractivity contribution in [1.29, 1.82) is 0 Å². The number of methoxy groups -OCH3 is 1. The lowest BCUT2D eigenvalue weighted by Crippen LogP contribution is -2.50. The van der Waals surface area contributed by atoms with Crippen LogP contribution in [-0.4, -0.2) is 35.9 Å². The van der Waals surface area contributed by atoms with Gasteiger partial charge in [-0.25, -0.2) is 4.39 Å². The molecule has 2 amide bonds. The fourth-order valence-electron chi connectivity index (χ4n) is 3.80. The average molecular weight is 413 g/mol. The molecule has 0 spiro atoms. The molecule has 0 bridgehead atoms. The summed E-state index contributed by atoms with van der Waals surface area (Å²) in [6.07, 6.45) is 4.26. The van der Waals surface area contributed by atoms with Crippen LogP contribution in [0.4, 0.5) is 4.39 Å². The summed E-state index contributed by atoms with van der Waals surface area (Å²) in [5.74, 6) is -0.0966. The van der Waals surface area contributed by atoms with Crippen molar-refractivity contribution in [1.82, 2.24) is 10.2 Å². The first-order valence-electron chi connectivity index (χ1n) is 10.4. The van der Waals surface area contributed by atoms with Gasteiger partial charge in [0.25, 0.3) is 0 Å². The Morgan fingerprint density at radius 3 is 2.43 bits per heavy atom. The molecule has 2 aromatic rings. The molecule has 1 aliphatic carbocycles. The first-order chi connectivity index (χ1) is 14.5. The molecule has 0 radical (unpaired) electrons. The van der Waals surface area contributed by atoms with Gasteiger partial charge in [-0.3, -0.25) is 9.59 Å². The molecule has 1 atom stereocenters. The van der Waals surface area contributed by atoms with Crippen LogP contribution in [0.5, 0.6) is 5.75 Å². The Hall–Kier alpha value is -2.89. The Kier molecular flexibility index (Phi) is 7.44. The number of nitrogens with one attached hydrogen (secondary N) is 1. The number of hydrogen-bond donors (Lipinski definition) is 1. The maximum absolute atomic E-state index is 14.3. The molecule has 2 aromatic carbocycles. The molecule has 6 heteroatoms. The monoisotopic (exact) mass is 412 g/mol. The number of carbonyl (C=O) groups excluding carboxylic acids is 2. The van der Waals surface area contributed by atoms with Crippen molar-refractivity contribution >= 4 is 11.8 Å². The minimum atomic E-state index is -0.698. The molecule has 1 saturated carbocycles. The van der Waals surface area contributed by atoms with Gasteiger partial charge in [0.2, 0.25) is 11.8 Å². The second-order valence-corrected chi connectivity index (χ2v) is 7.80. The number of halogens is 1. The third kappa shape index (κ3) is 5.59. The predicted octanol–water partition coefficient (Wildman–Crippen LogP) is 3.85. The normalized spacial score (nSPS) is 14.9. The molecule has 1 unspecified atom stereocenters. The molecule has 0 saturated heterocycles. The third-order valence-electron chi connectivity index (χ3n) is 5.68. The molecular weight excluding hydrogens is 383 g/mol. The van der Waals surface area contributed by atoms with E-state index in [4.69, 9.17) is 4.74 Å². The Morgan fingerprint density at radius 1 is 1.13 bits per heavy atom. The van der Waals surface area contributed by atoms with E-state index in [0.29, 0.717) is 11.3 Å².